The lowest BCUT2D eigenvalue weighted by atomic mass is 10.1. The first-order valence-electron chi connectivity index (χ1n) is 10.9. The number of amides is 2. The first kappa shape index (κ1) is 23.1. The zero-order valence-electron chi connectivity index (χ0n) is 18.9. The molecule has 0 saturated heterocycles. The van der Waals surface area contributed by atoms with E-state index >= 15 is 0 Å². The Balaban J connectivity index is 1.81. The second-order valence-electron chi connectivity index (χ2n) is 7.89. The second-order valence-corrected chi connectivity index (χ2v) is 7.89. The summed E-state index contributed by atoms with van der Waals surface area (Å²) >= 11 is 0. The van der Waals surface area contributed by atoms with E-state index < -0.39 is 6.17 Å². The summed E-state index contributed by atoms with van der Waals surface area (Å²) in [6, 6.07) is 22.1. The molecule has 0 bridgehead atoms. The van der Waals surface area contributed by atoms with Crippen molar-refractivity contribution in [1.82, 2.24) is 10.6 Å². The number of ether oxygens (including phenoxy) is 1. The fourth-order valence-electron chi connectivity index (χ4n) is 3.30. The summed E-state index contributed by atoms with van der Waals surface area (Å²) in [5, 5.41) is 5.90. The molecule has 0 aliphatic carbocycles. The van der Waals surface area contributed by atoms with E-state index in [1.54, 1.807) is 12.1 Å². The van der Waals surface area contributed by atoms with E-state index in [1.165, 1.54) is 0 Å². The lowest BCUT2D eigenvalue weighted by Gasteiger charge is -2.21. The van der Waals surface area contributed by atoms with Crippen molar-refractivity contribution in [1.29, 1.82) is 0 Å². The van der Waals surface area contributed by atoms with E-state index in [-0.39, 0.29) is 11.8 Å². The summed E-state index contributed by atoms with van der Waals surface area (Å²) in [7, 11) is 0. The standard InChI is InChI=1S/C27H30N2O3/c1-4-5-16-32-24-14-12-21(13-15-24)25(28-26(30)22-10-6-8-19(2)17-22)29-27(31)23-11-7-9-20(3)18-23/h6-15,17-18,25H,4-5,16H2,1-3H3,(H,28,30)(H,29,31). The molecule has 0 aliphatic rings. The summed E-state index contributed by atoms with van der Waals surface area (Å²) in [6.45, 7) is 6.65. The Morgan fingerprint density at radius 2 is 1.34 bits per heavy atom. The van der Waals surface area contributed by atoms with Gasteiger partial charge in [0.05, 0.1) is 6.61 Å². The minimum atomic E-state index is -0.694. The van der Waals surface area contributed by atoms with Crippen LogP contribution in [0.2, 0.25) is 0 Å². The first-order valence-corrected chi connectivity index (χ1v) is 10.9. The van der Waals surface area contributed by atoms with Crippen LogP contribution in [-0.2, 0) is 0 Å². The molecular formula is C27H30N2O3. The average molecular weight is 431 g/mol. The van der Waals surface area contributed by atoms with Gasteiger partial charge in [-0.15, -0.1) is 0 Å². The van der Waals surface area contributed by atoms with Gasteiger partial charge >= 0.3 is 0 Å². The Kier molecular flexibility index (Phi) is 8.03. The van der Waals surface area contributed by atoms with Crippen LogP contribution in [0.3, 0.4) is 0 Å². The van der Waals surface area contributed by atoms with Gasteiger partial charge in [-0.05, 0) is 62.2 Å². The normalized spacial score (nSPS) is 10.6. The highest BCUT2D eigenvalue weighted by Crippen LogP contribution is 2.19. The van der Waals surface area contributed by atoms with E-state index in [4.69, 9.17) is 4.74 Å². The predicted octanol–water partition coefficient (Wildman–Crippen LogP) is 5.34. The van der Waals surface area contributed by atoms with Crippen LogP contribution in [-0.4, -0.2) is 18.4 Å². The van der Waals surface area contributed by atoms with Gasteiger partial charge in [0.25, 0.3) is 11.8 Å². The van der Waals surface area contributed by atoms with Crippen LogP contribution in [0.15, 0.2) is 72.8 Å². The molecule has 0 saturated carbocycles. The van der Waals surface area contributed by atoms with Crippen molar-refractivity contribution < 1.29 is 14.3 Å². The minimum absolute atomic E-state index is 0.258. The SMILES string of the molecule is CCCCOc1ccc(C(NC(=O)c2cccc(C)c2)NC(=O)c2cccc(C)c2)cc1. The van der Waals surface area contributed by atoms with E-state index in [9.17, 15) is 9.59 Å². The number of aryl methyl sites for hydroxylation is 2. The largest absolute Gasteiger partial charge is 0.494 e. The van der Waals surface area contributed by atoms with E-state index in [0.717, 1.165) is 35.3 Å². The molecule has 3 rings (SSSR count). The number of carbonyl (C=O) groups is 2. The lowest BCUT2D eigenvalue weighted by Crippen LogP contribution is -2.41. The molecule has 0 heterocycles. The molecule has 0 aromatic heterocycles. The molecule has 0 aliphatic heterocycles. The number of hydrogen-bond donors (Lipinski definition) is 2. The summed E-state index contributed by atoms with van der Waals surface area (Å²) in [5.41, 5.74) is 3.83. The van der Waals surface area contributed by atoms with Gasteiger partial charge in [-0.25, -0.2) is 0 Å². The molecule has 2 N–H and O–H groups in total. The van der Waals surface area contributed by atoms with Gasteiger partial charge < -0.3 is 15.4 Å². The highest BCUT2D eigenvalue weighted by Gasteiger charge is 2.19. The smallest absolute Gasteiger partial charge is 0.253 e. The first-order chi connectivity index (χ1) is 15.5. The molecular weight excluding hydrogens is 400 g/mol. The van der Waals surface area contributed by atoms with Gasteiger partial charge in [0.15, 0.2) is 0 Å². The predicted molar refractivity (Wildman–Crippen MR) is 127 cm³/mol. The van der Waals surface area contributed by atoms with Gasteiger partial charge in [-0.1, -0.05) is 60.9 Å². The molecule has 2 amide bonds. The molecule has 166 valence electrons. The second kappa shape index (κ2) is 11.1. The third-order valence-electron chi connectivity index (χ3n) is 5.09. The van der Waals surface area contributed by atoms with Gasteiger partial charge in [0.2, 0.25) is 0 Å². The van der Waals surface area contributed by atoms with E-state index in [0.29, 0.717) is 17.7 Å². The van der Waals surface area contributed by atoms with E-state index in [1.807, 2.05) is 74.5 Å². The summed E-state index contributed by atoms with van der Waals surface area (Å²) in [6.07, 6.45) is 1.36. The van der Waals surface area contributed by atoms with Gasteiger partial charge in [-0.2, -0.15) is 0 Å². The van der Waals surface area contributed by atoms with Crippen LogP contribution in [0.5, 0.6) is 5.75 Å². The van der Waals surface area contributed by atoms with E-state index in [2.05, 4.69) is 17.6 Å². The maximum Gasteiger partial charge on any atom is 0.253 e. The van der Waals surface area contributed by atoms with Crippen molar-refractivity contribution in [2.75, 3.05) is 6.61 Å². The Labute approximate surface area is 189 Å². The van der Waals surface area contributed by atoms with Crippen molar-refractivity contribution in [2.24, 2.45) is 0 Å². The molecule has 32 heavy (non-hydrogen) atoms. The lowest BCUT2D eigenvalue weighted by molar-refractivity contribution is 0.0883. The van der Waals surface area contributed by atoms with Crippen LogP contribution in [0.4, 0.5) is 0 Å². The minimum Gasteiger partial charge on any atom is -0.494 e. The molecule has 5 heteroatoms. The summed E-state index contributed by atoms with van der Waals surface area (Å²) in [5.74, 6) is 0.244. The van der Waals surface area contributed by atoms with Crippen LogP contribution < -0.4 is 15.4 Å². The van der Waals surface area contributed by atoms with Crippen LogP contribution in [0.1, 0.15) is 63.3 Å². The molecule has 0 radical (unpaired) electrons. The molecule has 0 fully saturated rings. The Morgan fingerprint density at radius 1 is 0.812 bits per heavy atom. The zero-order chi connectivity index (χ0) is 22.9. The Bertz CT molecular complexity index is 1000. The van der Waals surface area contributed by atoms with Gasteiger partial charge in [0.1, 0.15) is 11.9 Å². The maximum absolute atomic E-state index is 12.9. The molecule has 3 aromatic rings. The number of nitrogens with one attached hydrogen (secondary N) is 2. The van der Waals surface area contributed by atoms with Crippen LogP contribution >= 0.6 is 0 Å². The average Bonchev–Trinajstić information content (AvgIpc) is 2.79. The van der Waals surface area contributed by atoms with Crippen LogP contribution in [0, 0.1) is 13.8 Å². The van der Waals surface area contributed by atoms with Gasteiger partial charge in [0, 0.05) is 11.1 Å². The molecule has 0 spiro atoms. The monoisotopic (exact) mass is 430 g/mol. The highest BCUT2D eigenvalue weighted by molar-refractivity contribution is 5.97. The molecule has 0 unspecified atom stereocenters. The third kappa shape index (κ3) is 6.45. The van der Waals surface area contributed by atoms with Crippen molar-refractivity contribution in [3.63, 3.8) is 0 Å². The molecule has 0 atom stereocenters. The number of carbonyl (C=O) groups excluding carboxylic acids is 2. The van der Waals surface area contributed by atoms with Crippen molar-refractivity contribution in [3.05, 3.63) is 101 Å². The van der Waals surface area contributed by atoms with Crippen molar-refractivity contribution in [3.8, 4) is 5.75 Å². The van der Waals surface area contributed by atoms with Gasteiger partial charge in [-0.3, -0.25) is 9.59 Å². The van der Waals surface area contributed by atoms with Crippen molar-refractivity contribution in [2.45, 2.75) is 39.8 Å². The Hall–Kier alpha value is -3.60. The number of hydrogen-bond acceptors (Lipinski definition) is 3. The maximum atomic E-state index is 12.9. The zero-order valence-corrected chi connectivity index (χ0v) is 18.9. The number of rotatable bonds is 9. The topological polar surface area (TPSA) is 67.4 Å². The third-order valence-corrected chi connectivity index (χ3v) is 5.09. The fourth-order valence-corrected chi connectivity index (χ4v) is 3.30. The highest BCUT2D eigenvalue weighted by atomic mass is 16.5. The summed E-state index contributed by atoms with van der Waals surface area (Å²) < 4.78 is 5.73. The quantitative estimate of drug-likeness (QED) is 0.356. The Morgan fingerprint density at radius 3 is 1.81 bits per heavy atom. The molecule has 3 aromatic carbocycles. The summed E-state index contributed by atoms with van der Waals surface area (Å²) in [4.78, 5) is 25.8. The van der Waals surface area contributed by atoms with Crippen molar-refractivity contribution >= 4 is 11.8 Å². The fraction of sp³-hybridized carbons (Fsp3) is 0.259. The number of benzene rings is 3. The molecule has 5 nitrogen and oxygen atoms in total. The number of unbranched alkanes of at least 4 members (excludes halogenated alkanes) is 1. The van der Waals surface area contributed by atoms with Crippen LogP contribution in [0.25, 0.3) is 0 Å².